The first-order chi connectivity index (χ1) is 9.06. The summed E-state index contributed by atoms with van der Waals surface area (Å²) in [7, 11) is 0. The summed E-state index contributed by atoms with van der Waals surface area (Å²) in [6.45, 7) is 0. The van der Waals surface area contributed by atoms with Crippen LogP contribution in [0.25, 0.3) is 0 Å². The largest absolute Gasteiger partial charge is 0.508 e. The third-order valence-corrected chi connectivity index (χ3v) is 2.51. The molecule has 5 heteroatoms. The van der Waals surface area contributed by atoms with Gasteiger partial charge in [0.15, 0.2) is 0 Å². The minimum atomic E-state index is -1.18. The molecule has 0 spiro atoms. The van der Waals surface area contributed by atoms with Crippen molar-refractivity contribution >= 4 is 5.97 Å². The first-order valence-electron chi connectivity index (χ1n) is 5.53. The molecule has 0 bridgehead atoms. The van der Waals surface area contributed by atoms with Gasteiger partial charge in [0.1, 0.15) is 17.2 Å². The maximum absolute atomic E-state index is 11.2. The minimum Gasteiger partial charge on any atom is -0.508 e. The van der Waals surface area contributed by atoms with E-state index in [4.69, 9.17) is 9.84 Å². The van der Waals surface area contributed by atoms with Crippen molar-refractivity contribution in [2.45, 2.75) is 6.10 Å². The van der Waals surface area contributed by atoms with Crippen LogP contribution in [0.3, 0.4) is 0 Å². The van der Waals surface area contributed by atoms with E-state index >= 15 is 0 Å². The van der Waals surface area contributed by atoms with Crippen molar-refractivity contribution in [3.05, 3.63) is 54.1 Å². The molecule has 2 aromatic rings. The zero-order chi connectivity index (χ0) is 13.8. The molecule has 1 unspecified atom stereocenters. The van der Waals surface area contributed by atoms with Crippen LogP contribution >= 0.6 is 0 Å². The minimum absolute atomic E-state index is 0.0533. The number of hydrogen-bond acceptors (Lipinski definition) is 4. The van der Waals surface area contributed by atoms with E-state index in [-0.39, 0.29) is 11.5 Å². The molecule has 2 rings (SSSR count). The number of aliphatic carboxylic acids is 1. The van der Waals surface area contributed by atoms with Crippen LogP contribution < -0.4 is 4.74 Å². The Bertz CT molecular complexity index is 559. The number of ether oxygens (including phenoxy) is 1. The highest BCUT2D eigenvalue weighted by Crippen LogP contribution is 2.25. The van der Waals surface area contributed by atoms with Gasteiger partial charge in [-0.1, -0.05) is 12.1 Å². The molecule has 3 N–H and O–H groups in total. The molecule has 5 nitrogen and oxygen atoms in total. The summed E-state index contributed by atoms with van der Waals surface area (Å²) in [6, 6.07) is 11.5. The zero-order valence-corrected chi connectivity index (χ0v) is 9.85. The number of carboxylic acid groups (broad SMARTS) is 1. The van der Waals surface area contributed by atoms with Gasteiger partial charge in [0, 0.05) is 5.56 Å². The van der Waals surface area contributed by atoms with Gasteiger partial charge >= 0.3 is 5.97 Å². The lowest BCUT2D eigenvalue weighted by atomic mass is 10.1. The third kappa shape index (κ3) is 3.16. The van der Waals surface area contributed by atoms with Crippen LogP contribution in [0.5, 0.6) is 17.2 Å². The van der Waals surface area contributed by atoms with Gasteiger partial charge in [0.05, 0.1) is 0 Å². The Labute approximate surface area is 109 Å². The fourth-order valence-electron chi connectivity index (χ4n) is 1.57. The molecule has 0 aliphatic rings. The second-order valence-electron chi connectivity index (χ2n) is 3.92. The Morgan fingerprint density at radius 1 is 0.895 bits per heavy atom. The van der Waals surface area contributed by atoms with Gasteiger partial charge < -0.3 is 20.1 Å². The van der Waals surface area contributed by atoms with E-state index in [0.717, 1.165) is 0 Å². The van der Waals surface area contributed by atoms with Gasteiger partial charge in [-0.05, 0) is 36.4 Å². The monoisotopic (exact) mass is 260 g/mol. The first-order valence-corrected chi connectivity index (χ1v) is 5.53. The Balaban J connectivity index is 2.23. The highest BCUT2D eigenvalue weighted by Gasteiger charge is 2.21. The molecule has 0 fully saturated rings. The van der Waals surface area contributed by atoms with E-state index < -0.39 is 12.1 Å². The number of phenolic OH excluding ortho intramolecular Hbond substituents is 2. The lowest BCUT2D eigenvalue weighted by molar-refractivity contribution is -0.145. The van der Waals surface area contributed by atoms with Crippen LogP contribution in [0, 0.1) is 0 Å². The van der Waals surface area contributed by atoms with Crippen molar-refractivity contribution < 1.29 is 24.9 Å². The fraction of sp³-hybridized carbons (Fsp3) is 0.0714. The Kier molecular flexibility index (Phi) is 3.56. The van der Waals surface area contributed by atoms with E-state index in [1.54, 1.807) is 0 Å². The second-order valence-corrected chi connectivity index (χ2v) is 3.92. The molecule has 0 aliphatic carbocycles. The number of carbonyl (C=O) groups is 1. The Morgan fingerprint density at radius 3 is 1.84 bits per heavy atom. The fourth-order valence-corrected chi connectivity index (χ4v) is 1.57. The van der Waals surface area contributed by atoms with Crippen LogP contribution in [0.2, 0.25) is 0 Å². The smallest absolute Gasteiger partial charge is 0.349 e. The molecule has 0 aliphatic heterocycles. The van der Waals surface area contributed by atoms with Crippen LogP contribution in [-0.2, 0) is 4.79 Å². The number of hydrogen-bond donors (Lipinski definition) is 3. The molecule has 0 saturated carbocycles. The van der Waals surface area contributed by atoms with E-state index in [2.05, 4.69) is 0 Å². The summed E-state index contributed by atoms with van der Waals surface area (Å²) >= 11 is 0. The molecule has 0 saturated heterocycles. The average Bonchev–Trinajstić information content (AvgIpc) is 2.39. The van der Waals surface area contributed by atoms with Gasteiger partial charge in [0.2, 0.25) is 6.10 Å². The van der Waals surface area contributed by atoms with Crippen LogP contribution in [0.1, 0.15) is 11.7 Å². The SMILES string of the molecule is O=C(O)C(Oc1ccc(O)cc1)c1ccc(O)cc1. The normalized spacial score (nSPS) is 11.8. The van der Waals surface area contributed by atoms with Crippen LogP contribution in [-0.4, -0.2) is 21.3 Å². The van der Waals surface area contributed by atoms with E-state index in [9.17, 15) is 15.0 Å². The van der Waals surface area contributed by atoms with E-state index in [1.807, 2.05) is 0 Å². The molecule has 0 heterocycles. The van der Waals surface area contributed by atoms with Crippen LogP contribution in [0.4, 0.5) is 0 Å². The molecular weight excluding hydrogens is 248 g/mol. The quantitative estimate of drug-likeness (QED) is 0.785. The predicted molar refractivity (Wildman–Crippen MR) is 67.2 cm³/mol. The predicted octanol–water partition coefficient (Wildman–Crippen LogP) is 2.30. The van der Waals surface area contributed by atoms with Crippen molar-refractivity contribution in [2.75, 3.05) is 0 Å². The highest BCUT2D eigenvalue weighted by molar-refractivity contribution is 5.75. The highest BCUT2D eigenvalue weighted by atomic mass is 16.5. The number of aromatic hydroxyl groups is 2. The topological polar surface area (TPSA) is 87.0 Å². The molecule has 1 atom stereocenters. The summed E-state index contributed by atoms with van der Waals surface area (Å²) in [6.07, 6.45) is -1.18. The van der Waals surface area contributed by atoms with Crippen molar-refractivity contribution in [3.63, 3.8) is 0 Å². The van der Waals surface area contributed by atoms with Crippen LogP contribution in [0.15, 0.2) is 48.5 Å². The van der Waals surface area contributed by atoms with Crippen molar-refractivity contribution in [1.29, 1.82) is 0 Å². The number of benzene rings is 2. The third-order valence-electron chi connectivity index (χ3n) is 2.51. The molecular formula is C14H12O5. The van der Waals surface area contributed by atoms with Crippen molar-refractivity contribution in [2.24, 2.45) is 0 Å². The van der Waals surface area contributed by atoms with Gasteiger partial charge in [-0.25, -0.2) is 4.79 Å². The molecule has 2 aromatic carbocycles. The molecule has 19 heavy (non-hydrogen) atoms. The first kappa shape index (κ1) is 12.8. The maximum atomic E-state index is 11.2. The summed E-state index contributed by atoms with van der Waals surface area (Å²) in [4.78, 5) is 11.2. The van der Waals surface area contributed by atoms with E-state index in [1.165, 1.54) is 48.5 Å². The van der Waals surface area contributed by atoms with Crippen molar-refractivity contribution in [1.82, 2.24) is 0 Å². The lowest BCUT2D eigenvalue weighted by Crippen LogP contribution is -2.18. The van der Waals surface area contributed by atoms with Gasteiger partial charge in [-0.2, -0.15) is 0 Å². The van der Waals surface area contributed by atoms with E-state index in [0.29, 0.717) is 11.3 Å². The Morgan fingerprint density at radius 2 is 1.37 bits per heavy atom. The molecule has 98 valence electrons. The molecule has 0 aromatic heterocycles. The molecule has 0 amide bonds. The summed E-state index contributed by atoms with van der Waals surface area (Å²) in [5.41, 5.74) is 0.415. The number of carboxylic acids is 1. The van der Waals surface area contributed by atoms with Crippen molar-refractivity contribution in [3.8, 4) is 17.2 Å². The Hall–Kier alpha value is -2.69. The lowest BCUT2D eigenvalue weighted by Gasteiger charge is -2.15. The standard InChI is InChI=1S/C14H12O5/c15-10-3-1-9(2-4-10)13(14(17)18)19-12-7-5-11(16)6-8-12/h1-8,13,15-16H,(H,17,18). The maximum Gasteiger partial charge on any atom is 0.349 e. The number of phenols is 2. The summed E-state index contributed by atoms with van der Waals surface area (Å²) < 4.78 is 5.36. The van der Waals surface area contributed by atoms with Gasteiger partial charge in [-0.3, -0.25) is 0 Å². The van der Waals surface area contributed by atoms with Gasteiger partial charge in [-0.15, -0.1) is 0 Å². The number of rotatable bonds is 4. The second kappa shape index (κ2) is 5.30. The summed E-state index contributed by atoms with van der Waals surface area (Å²) in [5, 5.41) is 27.5. The zero-order valence-electron chi connectivity index (χ0n) is 9.85. The summed E-state index contributed by atoms with van der Waals surface area (Å²) in [5.74, 6) is -0.682. The molecule has 0 radical (unpaired) electrons. The average molecular weight is 260 g/mol. The van der Waals surface area contributed by atoms with Gasteiger partial charge in [0.25, 0.3) is 0 Å².